The first kappa shape index (κ1) is 14.3. The van der Waals surface area contributed by atoms with Gasteiger partial charge in [-0.2, -0.15) is 0 Å². The molecule has 0 spiro atoms. The molecule has 0 unspecified atom stereocenters. The maximum absolute atomic E-state index is 11.7. The summed E-state index contributed by atoms with van der Waals surface area (Å²) in [5.41, 5.74) is 0.554. The van der Waals surface area contributed by atoms with E-state index in [1.807, 2.05) is 19.0 Å². The van der Waals surface area contributed by atoms with Gasteiger partial charge in [0.25, 0.3) is 0 Å². The molecule has 0 atom stereocenters. The lowest BCUT2D eigenvalue weighted by Crippen LogP contribution is -2.31. The highest BCUT2D eigenvalue weighted by atomic mass is 16.2. The highest BCUT2D eigenvalue weighted by Gasteiger charge is 2.08. The number of Topliss-reactive ketones (excluding diaryl/α,β-unsaturated/α-hetero) is 1. The zero-order chi connectivity index (χ0) is 13.4. The van der Waals surface area contributed by atoms with Crippen molar-refractivity contribution >= 4 is 11.7 Å². The first-order valence-corrected chi connectivity index (χ1v) is 5.94. The summed E-state index contributed by atoms with van der Waals surface area (Å²) in [6.07, 6.45) is 3.58. The van der Waals surface area contributed by atoms with Crippen LogP contribution in [0.5, 0.6) is 0 Å². The van der Waals surface area contributed by atoms with Gasteiger partial charge in [-0.3, -0.25) is 14.6 Å². The second-order valence-corrected chi connectivity index (χ2v) is 4.32. The van der Waals surface area contributed by atoms with Crippen molar-refractivity contribution in [1.29, 1.82) is 0 Å². The van der Waals surface area contributed by atoms with Crippen LogP contribution in [-0.4, -0.2) is 48.8 Å². The molecule has 98 valence electrons. The van der Waals surface area contributed by atoms with Gasteiger partial charge in [-0.15, -0.1) is 0 Å². The Kier molecular flexibility index (Phi) is 6.00. The van der Waals surface area contributed by atoms with Gasteiger partial charge in [0.15, 0.2) is 5.78 Å². The van der Waals surface area contributed by atoms with E-state index in [1.165, 1.54) is 6.20 Å². The number of carbonyl (C=O) groups is 2. The van der Waals surface area contributed by atoms with Crippen molar-refractivity contribution in [3.63, 3.8) is 0 Å². The Balaban J connectivity index is 2.24. The summed E-state index contributed by atoms with van der Waals surface area (Å²) < 4.78 is 0. The first-order chi connectivity index (χ1) is 8.59. The minimum atomic E-state index is -0.0888. The molecule has 0 aliphatic heterocycles. The third-order valence-electron chi connectivity index (χ3n) is 2.44. The molecule has 0 radical (unpaired) electrons. The summed E-state index contributed by atoms with van der Waals surface area (Å²) in [5.74, 6) is -0.139. The van der Waals surface area contributed by atoms with Crippen LogP contribution in [0.15, 0.2) is 24.5 Å². The van der Waals surface area contributed by atoms with Crippen molar-refractivity contribution in [2.24, 2.45) is 0 Å². The summed E-state index contributed by atoms with van der Waals surface area (Å²) in [6, 6.07) is 3.42. The summed E-state index contributed by atoms with van der Waals surface area (Å²) in [5, 5.41) is 2.77. The van der Waals surface area contributed by atoms with Crippen LogP contribution >= 0.6 is 0 Å². The molecule has 0 saturated carbocycles. The quantitative estimate of drug-likeness (QED) is 0.723. The smallest absolute Gasteiger partial charge is 0.220 e. The molecule has 0 aliphatic carbocycles. The van der Waals surface area contributed by atoms with Gasteiger partial charge in [0.2, 0.25) is 5.91 Å². The van der Waals surface area contributed by atoms with E-state index in [0.717, 1.165) is 6.54 Å². The third kappa shape index (κ3) is 5.54. The Morgan fingerprint density at radius 2 is 2.11 bits per heavy atom. The summed E-state index contributed by atoms with van der Waals surface area (Å²) in [4.78, 5) is 29.0. The van der Waals surface area contributed by atoms with Crippen LogP contribution in [0.25, 0.3) is 0 Å². The van der Waals surface area contributed by atoms with E-state index in [-0.39, 0.29) is 24.5 Å². The molecule has 18 heavy (non-hydrogen) atoms. The molecular weight excluding hydrogens is 230 g/mol. The van der Waals surface area contributed by atoms with Gasteiger partial charge in [0, 0.05) is 43.9 Å². The normalized spacial score (nSPS) is 10.4. The van der Waals surface area contributed by atoms with Gasteiger partial charge < -0.3 is 10.2 Å². The molecule has 0 aliphatic rings. The molecule has 0 aromatic carbocycles. The highest BCUT2D eigenvalue weighted by Crippen LogP contribution is 2.03. The van der Waals surface area contributed by atoms with E-state index >= 15 is 0 Å². The Morgan fingerprint density at radius 3 is 2.72 bits per heavy atom. The number of likely N-dealkylation sites (N-methyl/N-ethyl adjacent to an activating group) is 1. The Labute approximate surface area is 107 Å². The number of carbonyl (C=O) groups excluding carboxylic acids is 2. The van der Waals surface area contributed by atoms with Gasteiger partial charge in [0.1, 0.15) is 0 Å². The number of ketones is 1. The molecule has 1 amide bonds. The van der Waals surface area contributed by atoms with E-state index in [1.54, 1.807) is 18.3 Å². The van der Waals surface area contributed by atoms with Gasteiger partial charge >= 0.3 is 0 Å². The molecule has 0 fully saturated rings. The van der Waals surface area contributed by atoms with Crippen LogP contribution in [0.3, 0.4) is 0 Å². The number of nitrogens with zero attached hydrogens (tertiary/aromatic N) is 2. The summed E-state index contributed by atoms with van der Waals surface area (Å²) in [7, 11) is 3.89. The number of amides is 1. The first-order valence-electron chi connectivity index (χ1n) is 5.94. The van der Waals surface area contributed by atoms with E-state index in [4.69, 9.17) is 0 Å². The number of hydrogen-bond donors (Lipinski definition) is 1. The van der Waals surface area contributed by atoms with Crippen LogP contribution in [-0.2, 0) is 4.79 Å². The fourth-order valence-corrected chi connectivity index (χ4v) is 1.41. The average Bonchev–Trinajstić information content (AvgIpc) is 2.36. The minimum absolute atomic E-state index is 0.0501. The lowest BCUT2D eigenvalue weighted by molar-refractivity contribution is -0.121. The lowest BCUT2D eigenvalue weighted by Gasteiger charge is -2.10. The fourth-order valence-electron chi connectivity index (χ4n) is 1.41. The third-order valence-corrected chi connectivity index (χ3v) is 2.44. The molecule has 5 nitrogen and oxygen atoms in total. The Morgan fingerprint density at radius 1 is 1.33 bits per heavy atom. The standard InChI is InChI=1S/C13H19N3O2/c1-16(2)9-8-15-13(18)6-5-12(17)11-4-3-7-14-10-11/h3-4,7,10H,5-6,8-9H2,1-2H3,(H,15,18). The predicted octanol–water partition coefficient (Wildman–Crippen LogP) is 0.722. The SMILES string of the molecule is CN(C)CCNC(=O)CCC(=O)c1cccnc1. The fraction of sp³-hybridized carbons (Fsp3) is 0.462. The van der Waals surface area contributed by atoms with Gasteiger partial charge in [-0.25, -0.2) is 0 Å². The summed E-state index contributed by atoms with van der Waals surface area (Å²) >= 11 is 0. The molecule has 0 saturated heterocycles. The zero-order valence-corrected chi connectivity index (χ0v) is 10.8. The number of nitrogens with one attached hydrogen (secondary N) is 1. The van der Waals surface area contributed by atoms with Gasteiger partial charge in [-0.05, 0) is 26.2 Å². The lowest BCUT2D eigenvalue weighted by atomic mass is 10.1. The van der Waals surface area contributed by atoms with E-state index in [2.05, 4.69) is 10.3 Å². The molecule has 5 heteroatoms. The molecule has 1 aromatic heterocycles. The number of aromatic nitrogens is 1. The zero-order valence-electron chi connectivity index (χ0n) is 10.8. The van der Waals surface area contributed by atoms with Crippen LogP contribution in [0, 0.1) is 0 Å². The van der Waals surface area contributed by atoms with E-state index < -0.39 is 0 Å². The number of rotatable bonds is 7. The highest BCUT2D eigenvalue weighted by molar-refractivity contribution is 5.97. The molecule has 1 aromatic rings. The molecule has 0 bridgehead atoms. The van der Waals surface area contributed by atoms with Crippen LogP contribution in [0.4, 0.5) is 0 Å². The molecule has 1 rings (SSSR count). The molecular formula is C13H19N3O2. The van der Waals surface area contributed by atoms with Crippen LogP contribution in [0.1, 0.15) is 23.2 Å². The van der Waals surface area contributed by atoms with Gasteiger partial charge in [0.05, 0.1) is 0 Å². The Hall–Kier alpha value is -1.75. The largest absolute Gasteiger partial charge is 0.355 e. The van der Waals surface area contributed by atoms with Crippen molar-refractivity contribution in [3.8, 4) is 0 Å². The number of pyridine rings is 1. The average molecular weight is 249 g/mol. The molecule has 1 N–H and O–H groups in total. The van der Waals surface area contributed by atoms with Crippen molar-refractivity contribution in [3.05, 3.63) is 30.1 Å². The van der Waals surface area contributed by atoms with E-state index in [0.29, 0.717) is 12.1 Å². The topological polar surface area (TPSA) is 62.3 Å². The number of hydrogen-bond acceptors (Lipinski definition) is 4. The van der Waals surface area contributed by atoms with Crippen LogP contribution in [0.2, 0.25) is 0 Å². The summed E-state index contributed by atoms with van der Waals surface area (Å²) in [6.45, 7) is 1.40. The maximum atomic E-state index is 11.7. The monoisotopic (exact) mass is 249 g/mol. The predicted molar refractivity (Wildman–Crippen MR) is 69.4 cm³/mol. The van der Waals surface area contributed by atoms with Crippen molar-refractivity contribution in [1.82, 2.24) is 15.2 Å². The van der Waals surface area contributed by atoms with Crippen molar-refractivity contribution < 1.29 is 9.59 Å². The van der Waals surface area contributed by atoms with E-state index in [9.17, 15) is 9.59 Å². The second kappa shape index (κ2) is 7.55. The van der Waals surface area contributed by atoms with Crippen LogP contribution < -0.4 is 5.32 Å². The maximum Gasteiger partial charge on any atom is 0.220 e. The minimum Gasteiger partial charge on any atom is -0.355 e. The van der Waals surface area contributed by atoms with Crippen molar-refractivity contribution in [2.75, 3.05) is 27.2 Å². The van der Waals surface area contributed by atoms with Crippen molar-refractivity contribution in [2.45, 2.75) is 12.8 Å². The molecule has 1 heterocycles. The van der Waals surface area contributed by atoms with Gasteiger partial charge in [-0.1, -0.05) is 0 Å². The second-order valence-electron chi connectivity index (χ2n) is 4.32. The Bertz CT molecular complexity index is 390.